The minimum atomic E-state index is -0.750. The molecule has 1 rings (SSSR count). The van der Waals surface area contributed by atoms with Crippen LogP contribution in [0.5, 0.6) is 0 Å². The first-order valence-electron chi connectivity index (χ1n) is 6.69. The molecule has 1 saturated heterocycles. The Morgan fingerprint density at radius 1 is 1.56 bits per heavy atom. The van der Waals surface area contributed by atoms with Gasteiger partial charge in [0.05, 0.1) is 10.4 Å². The van der Waals surface area contributed by atoms with Crippen LogP contribution >= 0.6 is 12.2 Å². The van der Waals surface area contributed by atoms with E-state index in [0.717, 1.165) is 25.8 Å². The predicted molar refractivity (Wildman–Crippen MR) is 76.2 cm³/mol. The lowest BCUT2D eigenvalue weighted by molar-refractivity contribution is -0.142. The molecule has 4 nitrogen and oxygen atoms in total. The summed E-state index contributed by atoms with van der Waals surface area (Å²) in [7, 11) is 0. The quantitative estimate of drug-likeness (QED) is 0.744. The molecule has 104 valence electrons. The Balaban J connectivity index is 2.88. The molecule has 0 spiro atoms. The monoisotopic (exact) mass is 272 g/mol. The molecule has 0 aromatic carbocycles. The van der Waals surface area contributed by atoms with E-state index in [1.54, 1.807) is 0 Å². The number of likely N-dealkylation sites (tertiary alicyclic amines) is 1. The third-order valence-corrected chi connectivity index (χ3v) is 4.52. The van der Waals surface area contributed by atoms with Crippen molar-refractivity contribution in [2.75, 3.05) is 13.2 Å². The molecule has 2 atom stereocenters. The minimum absolute atomic E-state index is 0.0238. The van der Waals surface area contributed by atoms with Crippen molar-refractivity contribution in [3.05, 3.63) is 0 Å². The van der Waals surface area contributed by atoms with Crippen LogP contribution in [-0.4, -0.2) is 40.1 Å². The fraction of sp³-hybridized carbons (Fsp3) is 0.846. The normalized spacial score (nSPS) is 23.5. The predicted octanol–water partition coefficient (Wildman–Crippen LogP) is 1.45. The van der Waals surface area contributed by atoms with E-state index in [-0.39, 0.29) is 23.5 Å². The second-order valence-electron chi connectivity index (χ2n) is 5.21. The average Bonchev–Trinajstić information content (AvgIpc) is 2.37. The summed E-state index contributed by atoms with van der Waals surface area (Å²) in [6.07, 6.45) is 4.35. The van der Waals surface area contributed by atoms with E-state index in [0.29, 0.717) is 12.8 Å². The number of piperidine rings is 1. The molecule has 0 saturated carbocycles. The highest BCUT2D eigenvalue weighted by molar-refractivity contribution is 7.80. The first-order valence-corrected chi connectivity index (χ1v) is 7.10. The third-order valence-electron chi connectivity index (χ3n) is 4.07. The molecule has 0 aliphatic carbocycles. The van der Waals surface area contributed by atoms with Crippen molar-refractivity contribution in [3.63, 3.8) is 0 Å². The molecule has 3 N–H and O–H groups in total. The highest BCUT2D eigenvalue weighted by atomic mass is 32.1. The lowest BCUT2D eigenvalue weighted by Gasteiger charge is -2.40. The van der Waals surface area contributed by atoms with E-state index in [1.807, 2.05) is 18.7 Å². The molecule has 2 unspecified atom stereocenters. The van der Waals surface area contributed by atoms with Crippen LogP contribution in [0, 0.1) is 5.41 Å². The molecule has 18 heavy (non-hydrogen) atoms. The van der Waals surface area contributed by atoms with Crippen molar-refractivity contribution in [2.45, 2.75) is 52.0 Å². The highest BCUT2D eigenvalue weighted by Gasteiger charge is 2.40. The topological polar surface area (TPSA) is 66.6 Å². The number of carbonyl (C=O) groups excluding carboxylic acids is 1. The Hall–Kier alpha value is -0.680. The van der Waals surface area contributed by atoms with Gasteiger partial charge < -0.3 is 15.7 Å². The van der Waals surface area contributed by atoms with E-state index in [1.165, 1.54) is 0 Å². The Labute approximate surface area is 115 Å². The Morgan fingerprint density at radius 3 is 2.72 bits per heavy atom. The summed E-state index contributed by atoms with van der Waals surface area (Å²) in [5, 5.41) is 9.10. The number of carbonyl (C=O) groups is 1. The lowest BCUT2D eigenvalue weighted by atomic mass is 9.84. The van der Waals surface area contributed by atoms with E-state index in [9.17, 15) is 4.79 Å². The first kappa shape index (κ1) is 15.4. The number of rotatable bonds is 5. The van der Waals surface area contributed by atoms with Gasteiger partial charge in [0.2, 0.25) is 5.91 Å². The molecule has 1 aliphatic heterocycles. The van der Waals surface area contributed by atoms with Crippen molar-refractivity contribution < 1.29 is 9.90 Å². The Kier molecular flexibility index (Phi) is 5.53. The van der Waals surface area contributed by atoms with Crippen molar-refractivity contribution in [2.24, 2.45) is 11.1 Å². The van der Waals surface area contributed by atoms with Crippen molar-refractivity contribution in [3.8, 4) is 0 Å². The van der Waals surface area contributed by atoms with Gasteiger partial charge in [-0.15, -0.1) is 0 Å². The number of aliphatic hydroxyl groups is 1. The fourth-order valence-corrected chi connectivity index (χ4v) is 2.70. The summed E-state index contributed by atoms with van der Waals surface area (Å²) >= 11 is 5.06. The van der Waals surface area contributed by atoms with Crippen LogP contribution in [-0.2, 0) is 4.79 Å². The molecular weight excluding hydrogens is 248 g/mol. The van der Waals surface area contributed by atoms with Gasteiger partial charge in [0.1, 0.15) is 0 Å². The van der Waals surface area contributed by atoms with Crippen LogP contribution < -0.4 is 5.73 Å². The van der Waals surface area contributed by atoms with Crippen LogP contribution in [0.25, 0.3) is 0 Å². The van der Waals surface area contributed by atoms with Gasteiger partial charge in [-0.3, -0.25) is 4.79 Å². The second-order valence-corrected chi connectivity index (χ2v) is 5.65. The SMILES string of the molecule is CCC(C)(C(=O)N1CCCCC1CCO)C(N)=S. The maximum Gasteiger partial charge on any atom is 0.235 e. The fourth-order valence-electron chi connectivity index (χ4n) is 2.46. The zero-order chi connectivity index (χ0) is 13.8. The van der Waals surface area contributed by atoms with Crippen LogP contribution in [0.1, 0.15) is 46.0 Å². The summed E-state index contributed by atoms with van der Waals surface area (Å²) in [6, 6.07) is 0.136. The smallest absolute Gasteiger partial charge is 0.235 e. The molecule has 0 aromatic rings. The number of nitrogens with two attached hydrogens (primary N) is 1. The molecule has 5 heteroatoms. The number of thiocarbonyl (C=S) groups is 1. The first-order chi connectivity index (χ1) is 8.47. The van der Waals surface area contributed by atoms with Crippen molar-refractivity contribution in [1.82, 2.24) is 4.90 Å². The van der Waals surface area contributed by atoms with Gasteiger partial charge >= 0.3 is 0 Å². The number of aliphatic hydroxyl groups excluding tert-OH is 1. The molecule has 1 heterocycles. The molecule has 1 aliphatic rings. The lowest BCUT2D eigenvalue weighted by Crippen LogP contribution is -2.53. The van der Waals surface area contributed by atoms with Gasteiger partial charge in [-0.05, 0) is 39.0 Å². The van der Waals surface area contributed by atoms with Crippen LogP contribution in [0.3, 0.4) is 0 Å². The number of hydrogen-bond acceptors (Lipinski definition) is 3. The third kappa shape index (κ3) is 3.01. The minimum Gasteiger partial charge on any atom is -0.396 e. The van der Waals surface area contributed by atoms with E-state index in [4.69, 9.17) is 23.1 Å². The maximum absolute atomic E-state index is 12.7. The van der Waals surface area contributed by atoms with Crippen molar-refractivity contribution >= 4 is 23.1 Å². The van der Waals surface area contributed by atoms with E-state index < -0.39 is 5.41 Å². The van der Waals surface area contributed by atoms with Gasteiger partial charge in [-0.2, -0.15) is 0 Å². The number of hydrogen-bond donors (Lipinski definition) is 2. The van der Waals surface area contributed by atoms with Gasteiger partial charge in [-0.1, -0.05) is 19.1 Å². The summed E-state index contributed by atoms with van der Waals surface area (Å²) in [5.41, 5.74) is 4.99. The largest absolute Gasteiger partial charge is 0.396 e. The molecular formula is C13H24N2O2S. The van der Waals surface area contributed by atoms with Gasteiger partial charge in [0.25, 0.3) is 0 Å². The molecule has 1 amide bonds. The summed E-state index contributed by atoms with van der Waals surface area (Å²) in [6.45, 7) is 4.62. The zero-order valence-electron chi connectivity index (χ0n) is 11.3. The number of nitrogens with zero attached hydrogens (tertiary/aromatic N) is 1. The summed E-state index contributed by atoms with van der Waals surface area (Å²) < 4.78 is 0. The molecule has 0 aromatic heterocycles. The van der Waals surface area contributed by atoms with Crippen molar-refractivity contribution in [1.29, 1.82) is 0 Å². The van der Waals surface area contributed by atoms with Gasteiger partial charge in [0.15, 0.2) is 0 Å². The van der Waals surface area contributed by atoms with Crippen LogP contribution in [0.15, 0.2) is 0 Å². The second kappa shape index (κ2) is 6.48. The van der Waals surface area contributed by atoms with Gasteiger partial charge in [0, 0.05) is 19.2 Å². The maximum atomic E-state index is 12.7. The van der Waals surface area contributed by atoms with Crippen LogP contribution in [0.2, 0.25) is 0 Å². The molecule has 0 bridgehead atoms. The molecule has 1 fully saturated rings. The zero-order valence-corrected chi connectivity index (χ0v) is 12.1. The Bertz CT molecular complexity index is 320. The standard InChI is InChI=1S/C13H24N2O2S/c1-3-13(2,11(14)18)12(17)15-8-5-4-6-10(15)7-9-16/h10,16H,3-9H2,1-2H3,(H2,14,18). The van der Waals surface area contributed by atoms with E-state index >= 15 is 0 Å². The van der Waals surface area contributed by atoms with Crippen LogP contribution in [0.4, 0.5) is 0 Å². The Morgan fingerprint density at radius 2 is 2.22 bits per heavy atom. The summed E-state index contributed by atoms with van der Waals surface area (Å²) in [4.78, 5) is 14.8. The molecule has 0 radical (unpaired) electrons. The van der Waals surface area contributed by atoms with E-state index in [2.05, 4.69) is 0 Å². The number of amides is 1. The average molecular weight is 272 g/mol. The van der Waals surface area contributed by atoms with Gasteiger partial charge in [-0.25, -0.2) is 0 Å². The highest BCUT2D eigenvalue weighted by Crippen LogP contribution is 2.29. The summed E-state index contributed by atoms with van der Waals surface area (Å²) in [5.74, 6) is 0.0238.